The number of hydrogen-bond acceptors (Lipinski definition) is 9. The number of Topliss-reactive ketones (excluding diaryl/α,β-unsaturated/α-hetero) is 1. The van der Waals surface area contributed by atoms with Crippen molar-refractivity contribution >= 4 is 45.4 Å². The predicted molar refractivity (Wildman–Crippen MR) is 126 cm³/mol. The fourth-order valence-corrected chi connectivity index (χ4v) is 3.98. The highest BCUT2D eigenvalue weighted by Crippen LogP contribution is 2.25. The first-order chi connectivity index (χ1) is 16.1. The average Bonchev–Trinajstić information content (AvgIpc) is 3.45. The lowest BCUT2D eigenvalue weighted by Gasteiger charge is -2.05. The number of nitrogens with one attached hydrogen (secondary N) is 3. The molecule has 3 N–H and O–H groups in total. The number of H-pyrrole nitrogens is 1. The highest BCUT2D eigenvalue weighted by molar-refractivity contribution is 7.18. The predicted octanol–water partition coefficient (Wildman–Crippen LogP) is 3.26. The van der Waals surface area contributed by atoms with E-state index in [2.05, 4.69) is 53.7 Å². The summed E-state index contributed by atoms with van der Waals surface area (Å²) >= 11 is 1.45. The lowest BCUT2D eigenvalue weighted by Crippen LogP contribution is -2.25. The molecule has 0 amide bonds. The maximum atomic E-state index is 13.8. The van der Waals surface area contributed by atoms with Crippen LogP contribution in [0.15, 0.2) is 37.8 Å². The van der Waals surface area contributed by atoms with Gasteiger partial charge in [0.2, 0.25) is 5.78 Å². The Hall–Kier alpha value is -3.83. The van der Waals surface area contributed by atoms with E-state index in [1.807, 2.05) is 0 Å². The molecule has 0 aliphatic rings. The molecule has 0 fully saturated rings. The summed E-state index contributed by atoms with van der Waals surface area (Å²) in [7, 11) is 0. The maximum Gasteiger partial charge on any atom is 0.211 e. The van der Waals surface area contributed by atoms with Crippen LogP contribution in [0, 0.1) is 5.82 Å². The molecule has 4 rings (SSSR count). The van der Waals surface area contributed by atoms with E-state index in [9.17, 15) is 9.18 Å². The summed E-state index contributed by atoms with van der Waals surface area (Å²) in [6.45, 7) is 8.23. The SMILES string of the molecule is C=Cc1nc(C(=O)CNCCc2nc3c(NCc4ncccc4F)ncnc3s2)[nH]c1C=C. The zero-order chi connectivity index (χ0) is 23.2. The molecule has 4 aromatic heterocycles. The van der Waals surface area contributed by atoms with Crippen molar-refractivity contribution in [1.29, 1.82) is 0 Å². The van der Waals surface area contributed by atoms with Gasteiger partial charge in [0, 0.05) is 19.2 Å². The van der Waals surface area contributed by atoms with Gasteiger partial charge in [-0.3, -0.25) is 9.78 Å². The van der Waals surface area contributed by atoms with Crippen LogP contribution >= 0.6 is 11.3 Å². The Labute approximate surface area is 193 Å². The number of rotatable bonds is 11. The third kappa shape index (κ3) is 5.16. The van der Waals surface area contributed by atoms with Gasteiger partial charge in [-0.25, -0.2) is 24.3 Å². The minimum atomic E-state index is -0.383. The van der Waals surface area contributed by atoms with Gasteiger partial charge in [-0.05, 0) is 24.3 Å². The quantitative estimate of drug-likeness (QED) is 0.228. The van der Waals surface area contributed by atoms with Gasteiger partial charge in [0.05, 0.1) is 35.2 Å². The maximum absolute atomic E-state index is 13.8. The number of carbonyl (C=O) groups excluding carboxylic acids is 1. The smallest absolute Gasteiger partial charge is 0.211 e. The van der Waals surface area contributed by atoms with Crippen molar-refractivity contribution in [2.75, 3.05) is 18.4 Å². The molecule has 4 aromatic rings. The summed E-state index contributed by atoms with van der Waals surface area (Å²) < 4.78 is 13.8. The van der Waals surface area contributed by atoms with Gasteiger partial charge in [0.1, 0.15) is 22.5 Å². The molecule has 0 atom stereocenters. The zero-order valence-corrected chi connectivity index (χ0v) is 18.5. The summed E-state index contributed by atoms with van der Waals surface area (Å²) in [6, 6.07) is 2.91. The Bertz CT molecular complexity index is 1290. The van der Waals surface area contributed by atoms with Gasteiger partial charge in [-0.15, -0.1) is 0 Å². The summed E-state index contributed by atoms with van der Waals surface area (Å²) in [6.07, 6.45) is 6.76. The van der Waals surface area contributed by atoms with E-state index >= 15 is 0 Å². The largest absolute Gasteiger partial charge is 0.362 e. The van der Waals surface area contributed by atoms with Crippen LogP contribution in [0.1, 0.15) is 32.7 Å². The summed E-state index contributed by atoms with van der Waals surface area (Å²) in [4.78, 5) is 37.4. The van der Waals surface area contributed by atoms with Gasteiger partial charge in [0.15, 0.2) is 11.6 Å². The van der Waals surface area contributed by atoms with Crippen LogP contribution in [-0.2, 0) is 13.0 Å². The van der Waals surface area contributed by atoms with E-state index in [-0.39, 0.29) is 30.5 Å². The summed E-state index contributed by atoms with van der Waals surface area (Å²) in [5.74, 6) is 0.243. The number of ketones is 1. The third-order valence-corrected chi connectivity index (χ3v) is 5.74. The molecule has 0 bridgehead atoms. The van der Waals surface area contributed by atoms with Crippen LogP contribution in [0.25, 0.3) is 22.5 Å². The topological polar surface area (TPSA) is 121 Å². The molecule has 0 aromatic carbocycles. The Morgan fingerprint density at radius 1 is 1.21 bits per heavy atom. The van der Waals surface area contributed by atoms with E-state index < -0.39 is 0 Å². The third-order valence-electron chi connectivity index (χ3n) is 4.72. The van der Waals surface area contributed by atoms with E-state index in [1.165, 1.54) is 29.9 Å². The van der Waals surface area contributed by atoms with Crippen molar-refractivity contribution < 1.29 is 9.18 Å². The molecule has 0 aliphatic carbocycles. The van der Waals surface area contributed by atoms with Crippen molar-refractivity contribution in [3.63, 3.8) is 0 Å². The van der Waals surface area contributed by atoms with E-state index in [0.717, 1.165) is 9.84 Å². The molecule has 0 aliphatic heterocycles. The number of anilines is 1. The number of aromatic nitrogens is 6. The van der Waals surface area contributed by atoms with Crippen LogP contribution in [0.4, 0.5) is 10.2 Å². The number of thiazole rings is 1. The fraction of sp³-hybridized carbons (Fsp3) is 0.182. The Balaban J connectivity index is 1.34. The second-order valence-corrected chi connectivity index (χ2v) is 7.97. The van der Waals surface area contributed by atoms with Crippen LogP contribution in [0.5, 0.6) is 0 Å². The molecule has 11 heteroatoms. The highest BCUT2D eigenvalue weighted by Gasteiger charge is 2.14. The highest BCUT2D eigenvalue weighted by atomic mass is 32.1. The first kappa shape index (κ1) is 22.4. The van der Waals surface area contributed by atoms with E-state index in [1.54, 1.807) is 18.2 Å². The molecule has 0 saturated heterocycles. The van der Waals surface area contributed by atoms with Crippen molar-refractivity contribution in [2.45, 2.75) is 13.0 Å². The number of pyridine rings is 1. The molecule has 0 radical (unpaired) electrons. The van der Waals surface area contributed by atoms with E-state index in [4.69, 9.17) is 0 Å². The number of aromatic amines is 1. The number of carbonyl (C=O) groups is 1. The van der Waals surface area contributed by atoms with Crippen molar-refractivity contribution in [2.24, 2.45) is 0 Å². The monoisotopic (exact) mass is 464 g/mol. The Kier molecular flexibility index (Phi) is 6.91. The molecule has 0 unspecified atom stereocenters. The molecular formula is C22H21FN8OS. The molecule has 4 heterocycles. The number of imidazole rings is 1. The zero-order valence-electron chi connectivity index (χ0n) is 17.6. The molecule has 168 valence electrons. The van der Waals surface area contributed by atoms with Crippen molar-refractivity contribution in [3.8, 4) is 0 Å². The van der Waals surface area contributed by atoms with Crippen molar-refractivity contribution in [1.82, 2.24) is 35.2 Å². The standard InChI is InChI=1S/C22H21FN8OS/c1-3-14-15(4-2)30-20(29-14)17(32)11-24-9-7-18-31-19-21(27-12-28-22(19)33-18)26-10-16-13(23)6-5-8-25-16/h3-6,8,12,24H,1-2,7,9-11H2,(H,29,30)(H,26,27,28). The van der Waals surface area contributed by atoms with Gasteiger partial charge in [0.25, 0.3) is 0 Å². The molecule has 0 saturated carbocycles. The van der Waals surface area contributed by atoms with Crippen LogP contribution < -0.4 is 10.6 Å². The minimum Gasteiger partial charge on any atom is -0.362 e. The lowest BCUT2D eigenvalue weighted by atomic mass is 10.3. The molecule has 33 heavy (non-hydrogen) atoms. The van der Waals surface area contributed by atoms with Gasteiger partial charge < -0.3 is 15.6 Å². The molecular weight excluding hydrogens is 443 g/mol. The lowest BCUT2D eigenvalue weighted by molar-refractivity contribution is 0.0982. The first-order valence-corrected chi connectivity index (χ1v) is 10.9. The minimum absolute atomic E-state index is 0.133. The number of halogens is 1. The summed E-state index contributed by atoms with van der Waals surface area (Å²) in [5.41, 5.74) is 2.18. The van der Waals surface area contributed by atoms with Gasteiger partial charge >= 0.3 is 0 Å². The normalized spacial score (nSPS) is 10.9. The number of nitrogens with zero attached hydrogens (tertiary/aromatic N) is 5. The van der Waals surface area contributed by atoms with Gasteiger partial charge in [-0.2, -0.15) is 0 Å². The fourth-order valence-electron chi connectivity index (χ4n) is 3.07. The van der Waals surface area contributed by atoms with E-state index in [0.29, 0.717) is 41.4 Å². The average molecular weight is 465 g/mol. The van der Waals surface area contributed by atoms with Crippen LogP contribution in [-0.4, -0.2) is 48.8 Å². The first-order valence-electron chi connectivity index (χ1n) is 10.1. The molecule has 0 spiro atoms. The second kappa shape index (κ2) is 10.2. The second-order valence-electron chi connectivity index (χ2n) is 6.91. The Morgan fingerprint density at radius 2 is 2.09 bits per heavy atom. The van der Waals surface area contributed by atoms with Crippen molar-refractivity contribution in [3.05, 3.63) is 71.5 Å². The number of hydrogen-bond donors (Lipinski definition) is 3. The van der Waals surface area contributed by atoms with Gasteiger partial charge in [-0.1, -0.05) is 24.5 Å². The molecule has 9 nitrogen and oxygen atoms in total. The summed E-state index contributed by atoms with van der Waals surface area (Å²) in [5, 5.41) is 7.04. The Morgan fingerprint density at radius 3 is 2.85 bits per heavy atom. The van der Waals surface area contributed by atoms with Crippen LogP contribution in [0.2, 0.25) is 0 Å². The number of fused-ring (bicyclic) bond motifs is 1. The van der Waals surface area contributed by atoms with Crippen LogP contribution in [0.3, 0.4) is 0 Å².